The topological polar surface area (TPSA) is 67.6 Å². The van der Waals surface area contributed by atoms with Crippen molar-refractivity contribution in [3.63, 3.8) is 0 Å². The van der Waals surface area contributed by atoms with E-state index in [-0.39, 0.29) is 12.7 Å². The average molecular weight is 379 g/mol. The summed E-state index contributed by atoms with van der Waals surface area (Å²) in [7, 11) is 0. The fourth-order valence-corrected chi connectivity index (χ4v) is 3.90. The van der Waals surface area contributed by atoms with E-state index >= 15 is 0 Å². The van der Waals surface area contributed by atoms with E-state index in [1.807, 2.05) is 54.6 Å². The number of carbonyl (C=O) groups excluding carboxylic acids is 1. The van der Waals surface area contributed by atoms with E-state index in [9.17, 15) is 9.90 Å². The van der Waals surface area contributed by atoms with Crippen molar-refractivity contribution in [2.75, 3.05) is 13.1 Å². The smallest absolute Gasteiger partial charge is 0.410 e. The highest BCUT2D eigenvalue weighted by Crippen LogP contribution is 2.23. The maximum atomic E-state index is 12.5. The van der Waals surface area contributed by atoms with Crippen LogP contribution in [0.2, 0.25) is 0 Å². The third-order valence-corrected chi connectivity index (χ3v) is 5.30. The summed E-state index contributed by atoms with van der Waals surface area (Å²) in [5.41, 5.74) is 2.90. The van der Waals surface area contributed by atoms with Crippen molar-refractivity contribution < 1.29 is 14.6 Å². The van der Waals surface area contributed by atoms with Gasteiger partial charge in [0.15, 0.2) is 0 Å². The van der Waals surface area contributed by atoms with Crippen LogP contribution in [0, 0.1) is 5.92 Å². The molecule has 1 amide bonds. The normalized spacial score (nSPS) is 17.0. The molecular formula is C22H25N3O3. The number of likely N-dealkylation sites (tertiary alicyclic amines) is 1. The Morgan fingerprint density at radius 1 is 1.14 bits per heavy atom. The summed E-state index contributed by atoms with van der Waals surface area (Å²) in [5.74, 6) is 0.978. The quantitative estimate of drug-likeness (QED) is 0.736. The maximum Gasteiger partial charge on any atom is 0.410 e. The zero-order valence-corrected chi connectivity index (χ0v) is 15.8. The van der Waals surface area contributed by atoms with E-state index in [1.54, 1.807) is 4.90 Å². The molecule has 4 rings (SSSR count). The average Bonchev–Trinajstić information content (AvgIpc) is 3.10. The van der Waals surface area contributed by atoms with Gasteiger partial charge in [0.1, 0.15) is 19.0 Å². The zero-order chi connectivity index (χ0) is 19.3. The number of carbonyl (C=O) groups is 1. The number of amides is 1. The minimum Gasteiger partial charge on any atom is -0.445 e. The molecule has 2 aromatic carbocycles. The van der Waals surface area contributed by atoms with Crippen LogP contribution in [-0.2, 0) is 24.5 Å². The number of hydrogen-bond acceptors (Lipinski definition) is 4. The largest absolute Gasteiger partial charge is 0.445 e. The molecule has 2 heterocycles. The van der Waals surface area contributed by atoms with Gasteiger partial charge in [-0.05, 0) is 36.5 Å². The molecule has 0 aliphatic carbocycles. The van der Waals surface area contributed by atoms with Gasteiger partial charge in [0.25, 0.3) is 0 Å². The van der Waals surface area contributed by atoms with Gasteiger partial charge in [-0.1, -0.05) is 42.5 Å². The van der Waals surface area contributed by atoms with Crippen LogP contribution < -0.4 is 0 Å². The molecule has 0 radical (unpaired) electrons. The molecule has 1 N–H and O–H groups in total. The maximum absolute atomic E-state index is 12.5. The molecule has 28 heavy (non-hydrogen) atoms. The first-order chi connectivity index (χ1) is 13.7. The number of imidazole rings is 1. The van der Waals surface area contributed by atoms with Gasteiger partial charge in [0.2, 0.25) is 0 Å². The first-order valence-electron chi connectivity index (χ1n) is 9.75. The molecule has 3 aromatic rings. The number of hydrogen-bond donors (Lipinski definition) is 1. The zero-order valence-electron chi connectivity index (χ0n) is 15.8. The molecule has 146 valence electrons. The standard InChI is InChI=1S/C22H25N3O3/c26-15-21-23-19-10-4-5-11-20(19)25(21)14-18-9-6-12-24(13-18)22(27)28-16-17-7-2-1-3-8-17/h1-5,7-8,10-11,18,26H,6,9,12-16H2. The Hall–Kier alpha value is -2.86. The van der Waals surface area contributed by atoms with E-state index < -0.39 is 0 Å². The van der Waals surface area contributed by atoms with E-state index in [0.29, 0.717) is 24.9 Å². The molecule has 0 spiro atoms. The number of benzene rings is 2. The van der Waals surface area contributed by atoms with Crippen LogP contribution in [0.15, 0.2) is 54.6 Å². The van der Waals surface area contributed by atoms with Crippen molar-refractivity contribution in [3.05, 3.63) is 66.0 Å². The Morgan fingerprint density at radius 3 is 2.75 bits per heavy atom. The number of piperidine rings is 1. The molecule has 6 heteroatoms. The van der Waals surface area contributed by atoms with Crippen molar-refractivity contribution in [2.45, 2.75) is 32.6 Å². The monoisotopic (exact) mass is 379 g/mol. The molecular weight excluding hydrogens is 354 g/mol. The summed E-state index contributed by atoms with van der Waals surface area (Å²) < 4.78 is 7.58. The Bertz CT molecular complexity index is 939. The van der Waals surface area contributed by atoms with Crippen LogP contribution in [0.1, 0.15) is 24.2 Å². The van der Waals surface area contributed by atoms with Gasteiger partial charge in [-0.15, -0.1) is 0 Å². The van der Waals surface area contributed by atoms with E-state index in [4.69, 9.17) is 4.74 Å². The van der Waals surface area contributed by atoms with Crippen LogP contribution in [0.25, 0.3) is 11.0 Å². The molecule has 0 saturated carbocycles. The van der Waals surface area contributed by atoms with Gasteiger partial charge in [0, 0.05) is 19.6 Å². The Morgan fingerprint density at radius 2 is 1.93 bits per heavy atom. The van der Waals surface area contributed by atoms with Crippen molar-refractivity contribution in [1.82, 2.24) is 14.5 Å². The number of aromatic nitrogens is 2. The highest BCUT2D eigenvalue weighted by molar-refractivity contribution is 5.75. The molecule has 6 nitrogen and oxygen atoms in total. The van der Waals surface area contributed by atoms with Crippen LogP contribution in [0.3, 0.4) is 0 Å². The van der Waals surface area contributed by atoms with Crippen LogP contribution in [-0.4, -0.2) is 38.7 Å². The van der Waals surface area contributed by atoms with Crippen molar-refractivity contribution in [2.24, 2.45) is 5.92 Å². The van der Waals surface area contributed by atoms with Gasteiger partial charge in [-0.2, -0.15) is 0 Å². The van der Waals surface area contributed by atoms with Gasteiger partial charge in [-0.3, -0.25) is 0 Å². The summed E-state index contributed by atoms with van der Waals surface area (Å²) in [6, 6.07) is 17.6. The lowest BCUT2D eigenvalue weighted by Gasteiger charge is -2.32. The fraction of sp³-hybridized carbons (Fsp3) is 0.364. The Balaban J connectivity index is 1.41. The predicted octanol–water partition coefficient (Wildman–Crippen LogP) is 3.58. The van der Waals surface area contributed by atoms with Crippen LogP contribution in [0.5, 0.6) is 0 Å². The van der Waals surface area contributed by atoms with Crippen molar-refractivity contribution in [3.8, 4) is 0 Å². The molecule has 1 aliphatic rings. The molecule has 1 aromatic heterocycles. The molecule has 1 atom stereocenters. The highest BCUT2D eigenvalue weighted by Gasteiger charge is 2.26. The Kier molecular flexibility index (Phi) is 5.58. The van der Waals surface area contributed by atoms with Crippen molar-refractivity contribution in [1.29, 1.82) is 0 Å². The molecule has 1 unspecified atom stereocenters. The van der Waals surface area contributed by atoms with Gasteiger partial charge >= 0.3 is 6.09 Å². The lowest BCUT2D eigenvalue weighted by Crippen LogP contribution is -2.41. The summed E-state index contributed by atoms with van der Waals surface area (Å²) >= 11 is 0. The first-order valence-corrected chi connectivity index (χ1v) is 9.75. The summed E-state index contributed by atoms with van der Waals surface area (Å²) in [5, 5.41) is 9.70. The molecule has 1 aliphatic heterocycles. The molecule has 1 fully saturated rings. The van der Waals surface area contributed by atoms with Crippen LogP contribution in [0.4, 0.5) is 4.79 Å². The number of rotatable bonds is 5. The number of nitrogens with zero attached hydrogens (tertiary/aromatic N) is 3. The first kappa shape index (κ1) is 18.5. The third-order valence-electron chi connectivity index (χ3n) is 5.30. The lowest BCUT2D eigenvalue weighted by molar-refractivity contribution is 0.0767. The number of fused-ring (bicyclic) bond motifs is 1. The second kappa shape index (κ2) is 8.44. The van der Waals surface area contributed by atoms with Gasteiger partial charge in [-0.25, -0.2) is 9.78 Å². The summed E-state index contributed by atoms with van der Waals surface area (Å²) in [4.78, 5) is 18.8. The van der Waals surface area contributed by atoms with E-state index in [1.165, 1.54) is 0 Å². The highest BCUT2D eigenvalue weighted by atomic mass is 16.6. The van der Waals surface area contributed by atoms with Crippen LogP contribution >= 0.6 is 0 Å². The number of ether oxygens (including phenoxy) is 1. The second-order valence-corrected chi connectivity index (χ2v) is 7.28. The minimum absolute atomic E-state index is 0.0930. The van der Waals surface area contributed by atoms with Crippen molar-refractivity contribution >= 4 is 17.1 Å². The third kappa shape index (κ3) is 4.02. The summed E-state index contributed by atoms with van der Waals surface area (Å²) in [6.45, 7) is 2.32. The van der Waals surface area contributed by atoms with E-state index in [0.717, 1.165) is 42.5 Å². The second-order valence-electron chi connectivity index (χ2n) is 7.28. The Labute approximate surface area is 164 Å². The number of aliphatic hydroxyl groups excluding tert-OH is 1. The lowest BCUT2D eigenvalue weighted by atomic mass is 9.98. The predicted molar refractivity (Wildman–Crippen MR) is 107 cm³/mol. The number of para-hydroxylation sites is 2. The molecule has 0 bridgehead atoms. The fourth-order valence-electron chi connectivity index (χ4n) is 3.90. The summed E-state index contributed by atoms with van der Waals surface area (Å²) in [6.07, 6.45) is 1.73. The van der Waals surface area contributed by atoms with Gasteiger partial charge < -0.3 is 19.3 Å². The van der Waals surface area contributed by atoms with Gasteiger partial charge in [0.05, 0.1) is 11.0 Å². The number of aliphatic hydroxyl groups is 1. The molecule has 1 saturated heterocycles. The van der Waals surface area contributed by atoms with E-state index in [2.05, 4.69) is 9.55 Å². The SMILES string of the molecule is O=C(OCc1ccccc1)N1CCCC(Cn2c(CO)nc3ccccc32)C1. The minimum atomic E-state index is -0.258.